The first kappa shape index (κ1) is 10.8. The summed E-state index contributed by atoms with van der Waals surface area (Å²) in [5, 5.41) is 0.00765. The van der Waals surface area contributed by atoms with Gasteiger partial charge in [0, 0.05) is 18.3 Å². The van der Waals surface area contributed by atoms with E-state index in [1.165, 1.54) is 24.4 Å². The van der Waals surface area contributed by atoms with E-state index in [1.807, 2.05) is 0 Å². The first-order valence-electron chi connectivity index (χ1n) is 4.39. The summed E-state index contributed by atoms with van der Waals surface area (Å²) in [7, 11) is 0. The van der Waals surface area contributed by atoms with Crippen molar-refractivity contribution in [3.8, 4) is 11.5 Å². The number of benzene rings is 1. The van der Waals surface area contributed by atoms with Gasteiger partial charge in [-0.2, -0.15) is 4.39 Å². The van der Waals surface area contributed by atoms with Crippen molar-refractivity contribution in [1.82, 2.24) is 4.98 Å². The van der Waals surface area contributed by atoms with E-state index < -0.39 is 11.8 Å². The zero-order valence-corrected chi connectivity index (χ0v) is 8.71. The lowest BCUT2D eigenvalue weighted by Gasteiger charge is -2.05. The van der Waals surface area contributed by atoms with Crippen molar-refractivity contribution >= 4 is 11.6 Å². The second-order valence-corrected chi connectivity index (χ2v) is 3.40. The van der Waals surface area contributed by atoms with Gasteiger partial charge in [-0.3, -0.25) is 0 Å². The van der Waals surface area contributed by atoms with Gasteiger partial charge in [-0.1, -0.05) is 11.6 Å². The molecule has 5 heteroatoms. The lowest BCUT2D eigenvalue weighted by Crippen LogP contribution is -1.88. The molecule has 0 atom stereocenters. The second-order valence-electron chi connectivity index (χ2n) is 2.99. The summed E-state index contributed by atoms with van der Waals surface area (Å²) in [6, 6.07) is 6.55. The molecule has 0 aliphatic heterocycles. The van der Waals surface area contributed by atoms with Crippen molar-refractivity contribution in [3.05, 3.63) is 53.3 Å². The van der Waals surface area contributed by atoms with Crippen molar-refractivity contribution in [2.24, 2.45) is 0 Å². The number of hydrogen-bond donors (Lipinski definition) is 0. The van der Waals surface area contributed by atoms with Crippen LogP contribution in [0.1, 0.15) is 0 Å². The number of nitrogens with zero attached hydrogens (tertiary/aromatic N) is 1. The molecule has 2 rings (SSSR count). The maximum Gasteiger partial charge on any atom is 0.216 e. The Kier molecular flexibility index (Phi) is 3.01. The van der Waals surface area contributed by atoms with E-state index in [4.69, 9.17) is 16.3 Å². The van der Waals surface area contributed by atoms with Crippen LogP contribution in [-0.4, -0.2) is 4.98 Å². The minimum atomic E-state index is -0.660. The monoisotopic (exact) mass is 241 g/mol. The molecule has 1 heterocycles. The van der Waals surface area contributed by atoms with E-state index in [9.17, 15) is 8.78 Å². The van der Waals surface area contributed by atoms with Crippen LogP contribution >= 0.6 is 11.6 Å². The highest BCUT2D eigenvalue weighted by molar-refractivity contribution is 6.30. The molecule has 82 valence electrons. The molecule has 0 bridgehead atoms. The molecule has 0 spiro atoms. The summed E-state index contributed by atoms with van der Waals surface area (Å²) in [5.41, 5.74) is 0. The van der Waals surface area contributed by atoms with E-state index in [1.54, 1.807) is 0 Å². The smallest absolute Gasteiger partial charge is 0.216 e. The van der Waals surface area contributed by atoms with Crippen molar-refractivity contribution in [3.63, 3.8) is 0 Å². The second kappa shape index (κ2) is 4.45. The molecular weight excluding hydrogens is 236 g/mol. The van der Waals surface area contributed by atoms with E-state index >= 15 is 0 Å². The van der Waals surface area contributed by atoms with Crippen LogP contribution in [0.4, 0.5) is 8.78 Å². The zero-order valence-electron chi connectivity index (χ0n) is 7.95. The normalized spacial score (nSPS) is 10.2. The van der Waals surface area contributed by atoms with Crippen LogP contribution in [0.3, 0.4) is 0 Å². The molecule has 0 fully saturated rings. The fourth-order valence-electron chi connectivity index (χ4n) is 1.12. The lowest BCUT2D eigenvalue weighted by molar-refractivity contribution is 0.467. The Balaban J connectivity index is 2.24. The van der Waals surface area contributed by atoms with Gasteiger partial charge >= 0.3 is 0 Å². The summed E-state index contributed by atoms with van der Waals surface area (Å²) >= 11 is 5.51. The van der Waals surface area contributed by atoms with Crippen LogP contribution in [0.25, 0.3) is 0 Å². The highest BCUT2D eigenvalue weighted by Crippen LogP contribution is 2.25. The summed E-state index contributed by atoms with van der Waals surface area (Å²) in [5.74, 6) is -0.762. The van der Waals surface area contributed by atoms with Crippen LogP contribution < -0.4 is 4.74 Å². The fraction of sp³-hybridized carbons (Fsp3) is 0. The summed E-state index contributed by atoms with van der Waals surface area (Å²) in [4.78, 5) is 3.37. The molecule has 16 heavy (non-hydrogen) atoms. The molecule has 2 aromatic rings. The number of aromatic nitrogens is 1. The number of rotatable bonds is 2. The first-order chi connectivity index (χ1) is 7.65. The van der Waals surface area contributed by atoms with Gasteiger partial charge in [0.1, 0.15) is 17.3 Å². The van der Waals surface area contributed by atoms with Crippen molar-refractivity contribution in [1.29, 1.82) is 0 Å². The van der Waals surface area contributed by atoms with Crippen molar-refractivity contribution < 1.29 is 13.5 Å². The maximum atomic E-state index is 13.1. The average molecular weight is 242 g/mol. The maximum absolute atomic E-state index is 13.1. The van der Waals surface area contributed by atoms with E-state index in [-0.39, 0.29) is 16.5 Å². The first-order valence-corrected chi connectivity index (χ1v) is 4.77. The van der Waals surface area contributed by atoms with Crippen LogP contribution in [0, 0.1) is 11.8 Å². The lowest BCUT2D eigenvalue weighted by atomic mass is 10.3. The molecule has 1 aromatic carbocycles. The molecule has 2 nitrogen and oxygen atoms in total. The molecule has 0 amide bonds. The molecule has 0 N–H and O–H groups in total. The zero-order chi connectivity index (χ0) is 11.5. The summed E-state index contributed by atoms with van der Waals surface area (Å²) in [6.45, 7) is 0. The highest BCUT2D eigenvalue weighted by atomic mass is 35.5. The van der Waals surface area contributed by atoms with Crippen LogP contribution in [0.2, 0.25) is 5.02 Å². The number of ether oxygens (including phenoxy) is 1. The Morgan fingerprint density at radius 3 is 2.50 bits per heavy atom. The minimum absolute atomic E-state index is 0.00765. The summed E-state index contributed by atoms with van der Waals surface area (Å²) in [6.07, 6.45) is 1.26. The number of halogens is 3. The molecular formula is C11H6ClF2NO. The minimum Gasteiger partial charge on any atom is -0.457 e. The van der Waals surface area contributed by atoms with E-state index in [2.05, 4.69) is 4.98 Å². The van der Waals surface area contributed by atoms with Crippen molar-refractivity contribution in [2.75, 3.05) is 0 Å². The van der Waals surface area contributed by atoms with Gasteiger partial charge in [-0.25, -0.2) is 9.37 Å². The van der Waals surface area contributed by atoms with Gasteiger partial charge in [0.2, 0.25) is 5.95 Å². The van der Waals surface area contributed by atoms with Gasteiger partial charge in [0.05, 0.1) is 5.02 Å². The van der Waals surface area contributed by atoms with Gasteiger partial charge in [-0.15, -0.1) is 0 Å². The van der Waals surface area contributed by atoms with Gasteiger partial charge in [0.15, 0.2) is 0 Å². The van der Waals surface area contributed by atoms with Crippen molar-refractivity contribution in [2.45, 2.75) is 0 Å². The third-order valence-corrected chi connectivity index (χ3v) is 2.13. The Labute approximate surface area is 95.5 Å². The molecule has 0 unspecified atom stereocenters. The Morgan fingerprint density at radius 1 is 1.06 bits per heavy atom. The van der Waals surface area contributed by atoms with E-state index in [0.29, 0.717) is 0 Å². The number of hydrogen-bond acceptors (Lipinski definition) is 2. The summed E-state index contributed by atoms with van der Waals surface area (Å²) < 4.78 is 31.0. The third-order valence-electron chi connectivity index (χ3n) is 1.82. The third kappa shape index (κ3) is 2.46. The SMILES string of the molecule is Fc1cc(Oc2ccc(Cl)c(F)c2)ccn1. The van der Waals surface area contributed by atoms with Gasteiger partial charge in [0.25, 0.3) is 0 Å². The Hall–Kier alpha value is -1.68. The van der Waals surface area contributed by atoms with Gasteiger partial charge in [-0.05, 0) is 18.2 Å². The molecule has 1 aromatic heterocycles. The largest absolute Gasteiger partial charge is 0.457 e. The fourth-order valence-corrected chi connectivity index (χ4v) is 1.24. The van der Waals surface area contributed by atoms with Crippen LogP contribution in [0.5, 0.6) is 11.5 Å². The topological polar surface area (TPSA) is 22.1 Å². The Morgan fingerprint density at radius 2 is 1.81 bits per heavy atom. The average Bonchev–Trinajstić information content (AvgIpc) is 2.24. The van der Waals surface area contributed by atoms with Gasteiger partial charge < -0.3 is 4.74 Å². The number of pyridine rings is 1. The molecule has 0 aliphatic rings. The quantitative estimate of drug-likeness (QED) is 0.746. The molecule has 0 saturated carbocycles. The van der Waals surface area contributed by atoms with E-state index in [0.717, 1.165) is 12.1 Å². The standard InChI is InChI=1S/C11H6ClF2NO/c12-9-2-1-7(5-10(9)13)16-8-3-4-15-11(14)6-8/h1-6H. The molecule has 0 aliphatic carbocycles. The Bertz CT molecular complexity index is 519. The highest BCUT2D eigenvalue weighted by Gasteiger charge is 2.03. The predicted octanol–water partition coefficient (Wildman–Crippen LogP) is 3.81. The van der Waals surface area contributed by atoms with Crippen LogP contribution in [-0.2, 0) is 0 Å². The molecule has 0 radical (unpaired) electrons. The predicted molar refractivity (Wildman–Crippen MR) is 55.7 cm³/mol. The van der Waals surface area contributed by atoms with Crippen LogP contribution in [0.15, 0.2) is 36.5 Å². The molecule has 0 saturated heterocycles.